The summed E-state index contributed by atoms with van der Waals surface area (Å²) < 4.78 is 6.12. The van der Waals surface area contributed by atoms with Crippen molar-refractivity contribution in [1.29, 1.82) is 0 Å². The molecule has 0 amide bonds. The minimum absolute atomic E-state index is 0.445. The van der Waals surface area contributed by atoms with Crippen molar-refractivity contribution in [2.45, 2.75) is 6.54 Å². The van der Waals surface area contributed by atoms with Gasteiger partial charge in [0.25, 0.3) is 5.89 Å². The first kappa shape index (κ1) is 12.1. The van der Waals surface area contributed by atoms with E-state index in [4.69, 9.17) is 10.3 Å². The number of nitrogens with two attached hydrogens (primary N) is 1. The Morgan fingerprint density at radius 1 is 1.41 bits per heavy atom. The SMILES string of the molecule is CN(C)Cc1noc(-c2cc(Br)ccc2N)n1. The molecule has 0 aliphatic carbocycles. The first-order valence-corrected chi connectivity index (χ1v) is 5.88. The highest BCUT2D eigenvalue weighted by Gasteiger charge is 2.12. The Morgan fingerprint density at radius 3 is 2.88 bits per heavy atom. The molecule has 6 heteroatoms. The van der Waals surface area contributed by atoms with Gasteiger partial charge in [0, 0.05) is 10.2 Å². The van der Waals surface area contributed by atoms with E-state index in [1.165, 1.54) is 0 Å². The van der Waals surface area contributed by atoms with E-state index in [-0.39, 0.29) is 0 Å². The number of rotatable bonds is 3. The van der Waals surface area contributed by atoms with Gasteiger partial charge in [0.15, 0.2) is 5.82 Å². The second kappa shape index (κ2) is 4.85. The number of aromatic nitrogens is 2. The summed E-state index contributed by atoms with van der Waals surface area (Å²) in [6.07, 6.45) is 0. The molecule has 0 spiro atoms. The fourth-order valence-electron chi connectivity index (χ4n) is 1.42. The molecular weight excluding hydrogens is 284 g/mol. The van der Waals surface area contributed by atoms with E-state index < -0.39 is 0 Å². The van der Waals surface area contributed by atoms with Gasteiger partial charge in [0.05, 0.1) is 12.1 Å². The molecule has 0 atom stereocenters. The molecule has 0 radical (unpaired) electrons. The van der Waals surface area contributed by atoms with Crippen molar-refractivity contribution >= 4 is 21.6 Å². The summed E-state index contributed by atoms with van der Waals surface area (Å²) in [7, 11) is 3.90. The average Bonchev–Trinajstić information content (AvgIpc) is 2.69. The zero-order valence-electron chi connectivity index (χ0n) is 9.64. The lowest BCUT2D eigenvalue weighted by Crippen LogP contribution is -2.11. The van der Waals surface area contributed by atoms with E-state index in [2.05, 4.69) is 26.1 Å². The summed E-state index contributed by atoms with van der Waals surface area (Å²) in [5, 5.41) is 3.90. The molecule has 0 bridgehead atoms. The maximum absolute atomic E-state index is 5.87. The zero-order chi connectivity index (χ0) is 12.4. The van der Waals surface area contributed by atoms with E-state index in [0.717, 1.165) is 10.0 Å². The topological polar surface area (TPSA) is 68.2 Å². The predicted octanol–water partition coefficient (Wildman–Crippen LogP) is 2.14. The first-order valence-electron chi connectivity index (χ1n) is 5.09. The molecule has 0 aliphatic rings. The van der Waals surface area contributed by atoms with Crippen LogP contribution >= 0.6 is 15.9 Å². The molecule has 0 aliphatic heterocycles. The number of hydrogen-bond donors (Lipinski definition) is 1. The molecule has 0 saturated heterocycles. The third-order valence-electron chi connectivity index (χ3n) is 2.17. The molecule has 0 saturated carbocycles. The highest BCUT2D eigenvalue weighted by Crippen LogP contribution is 2.27. The molecule has 17 heavy (non-hydrogen) atoms. The molecule has 1 heterocycles. The van der Waals surface area contributed by atoms with Crippen LogP contribution in [0.3, 0.4) is 0 Å². The quantitative estimate of drug-likeness (QED) is 0.879. The van der Waals surface area contributed by atoms with E-state index in [0.29, 0.717) is 23.9 Å². The number of anilines is 1. The van der Waals surface area contributed by atoms with Crippen LogP contribution in [0.1, 0.15) is 5.82 Å². The van der Waals surface area contributed by atoms with Crippen LogP contribution in [-0.4, -0.2) is 29.1 Å². The van der Waals surface area contributed by atoms with E-state index in [1.807, 2.05) is 31.1 Å². The average molecular weight is 297 g/mol. The number of nitrogens with zero attached hydrogens (tertiary/aromatic N) is 3. The Kier molecular flexibility index (Phi) is 3.44. The van der Waals surface area contributed by atoms with Crippen molar-refractivity contribution in [3.8, 4) is 11.5 Å². The van der Waals surface area contributed by atoms with Crippen LogP contribution < -0.4 is 5.73 Å². The third kappa shape index (κ3) is 2.83. The van der Waals surface area contributed by atoms with Crippen LogP contribution in [0.25, 0.3) is 11.5 Å². The highest BCUT2D eigenvalue weighted by atomic mass is 79.9. The highest BCUT2D eigenvalue weighted by molar-refractivity contribution is 9.10. The molecule has 1 aromatic heterocycles. The van der Waals surface area contributed by atoms with Gasteiger partial charge in [0.1, 0.15) is 0 Å². The lowest BCUT2D eigenvalue weighted by Gasteiger charge is -2.03. The lowest BCUT2D eigenvalue weighted by molar-refractivity contribution is 0.365. The van der Waals surface area contributed by atoms with E-state index in [9.17, 15) is 0 Å². The monoisotopic (exact) mass is 296 g/mol. The minimum Gasteiger partial charge on any atom is -0.398 e. The van der Waals surface area contributed by atoms with Crippen molar-refractivity contribution < 1.29 is 4.52 Å². The number of hydrogen-bond acceptors (Lipinski definition) is 5. The Bertz CT molecular complexity index is 524. The summed E-state index contributed by atoms with van der Waals surface area (Å²) in [4.78, 5) is 6.27. The van der Waals surface area contributed by atoms with Crippen molar-refractivity contribution in [2.75, 3.05) is 19.8 Å². The third-order valence-corrected chi connectivity index (χ3v) is 2.66. The van der Waals surface area contributed by atoms with E-state index >= 15 is 0 Å². The zero-order valence-corrected chi connectivity index (χ0v) is 11.2. The first-order chi connectivity index (χ1) is 8.06. The molecule has 2 aromatic rings. The fraction of sp³-hybridized carbons (Fsp3) is 0.273. The molecule has 0 unspecified atom stereocenters. The summed E-state index contributed by atoms with van der Waals surface area (Å²) in [6, 6.07) is 5.54. The van der Waals surface area contributed by atoms with Crippen LogP contribution in [0, 0.1) is 0 Å². The summed E-state index contributed by atoms with van der Waals surface area (Å²) in [6.45, 7) is 0.636. The van der Waals surface area contributed by atoms with Crippen LogP contribution in [0.15, 0.2) is 27.2 Å². The maximum atomic E-state index is 5.87. The van der Waals surface area contributed by atoms with Crippen LogP contribution in [-0.2, 0) is 6.54 Å². The van der Waals surface area contributed by atoms with Gasteiger partial charge in [-0.2, -0.15) is 4.98 Å². The Balaban J connectivity index is 2.33. The predicted molar refractivity (Wildman–Crippen MR) is 69.2 cm³/mol. The minimum atomic E-state index is 0.445. The smallest absolute Gasteiger partial charge is 0.260 e. The van der Waals surface area contributed by atoms with Crippen molar-refractivity contribution in [2.24, 2.45) is 0 Å². The summed E-state index contributed by atoms with van der Waals surface area (Å²) in [5.74, 6) is 1.09. The Labute approximate surface area is 108 Å². The maximum Gasteiger partial charge on any atom is 0.260 e. The Morgan fingerprint density at radius 2 is 2.18 bits per heavy atom. The summed E-state index contributed by atoms with van der Waals surface area (Å²) >= 11 is 3.39. The van der Waals surface area contributed by atoms with Gasteiger partial charge in [-0.3, -0.25) is 0 Å². The van der Waals surface area contributed by atoms with Gasteiger partial charge >= 0.3 is 0 Å². The van der Waals surface area contributed by atoms with Crippen molar-refractivity contribution in [3.05, 3.63) is 28.5 Å². The van der Waals surface area contributed by atoms with Gasteiger partial charge in [-0.25, -0.2) is 0 Å². The van der Waals surface area contributed by atoms with Crippen LogP contribution in [0.2, 0.25) is 0 Å². The largest absolute Gasteiger partial charge is 0.398 e. The van der Waals surface area contributed by atoms with Crippen LogP contribution in [0.5, 0.6) is 0 Å². The second-order valence-corrected chi connectivity index (χ2v) is 4.90. The number of nitrogen functional groups attached to an aromatic ring is 1. The van der Waals surface area contributed by atoms with Crippen molar-refractivity contribution in [3.63, 3.8) is 0 Å². The molecule has 0 fully saturated rings. The van der Waals surface area contributed by atoms with Gasteiger partial charge in [-0.05, 0) is 32.3 Å². The molecule has 2 N–H and O–H groups in total. The van der Waals surface area contributed by atoms with E-state index in [1.54, 1.807) is 6.07 Å². The molecular formula is C11H13BrN4O. The number of benzene rings is 1. The van der Waals surface area contributed by atoms with Gasteiger partial charge in [-0.1, -0.05) is 21.1 Å². The molecule has 1 aromatic carbocycles. The molecule has 2 rings (SSSR count). The summed E-state index contributed by atoms with van der Waals surface area (Å²) in [5.41, 5.74) is 7.24. The van der Waals surface area contributed by atoms with Crippen LogP contribution in [0.4, 0.5) is 5.69 Å². The van der Waals surface area contributed by atoms with Crippen molar-refractivity contribution in [1.82, 2.24) is 15.0 Å². The lowest BCUT2D eigenvalue weighted by atomic mass is 10.2. The second-order valence-electron chi connectivity index (χ2n) is 3.99. The fourth-order valence-corrected chi connectivity index (χ4v) is 1.79. The number of halogens is 1. The van der Waals surface area contributed by atoms with Gasteiger partial charge in [0.2, 0.25) is 0 Å². The standard InChI is InChI=1S/C11H13BrN4O/c1-16(2)6-10-14-11(17-15-10)8-5-7(12)3-4-9(8)13/h3-5H,6,13H2,1-2H3. The molecule has 90 valence electrons. The Hall–Kier alpha value is -1.40. The normalized spacial score (nSPS) is 11.1. The molecule has 5 nitrogen and oxygen atoms in total. The van der Waals surface area contributed by atoms with Gasteiger partial charge < -0.3 is 15.2 Å². The van der Waals surface area contributed by atoms with Gasteiger partial charge in [-0.15, -0.1) is 0 Å².